The quantitative estimate of drug-likeness (QED) is 0.531. The van der Waals surface area contributed by atoms with Crippen LogP contribution in [0.25, 0.3) is 5.69 Å². The van der Waals surface area contributed by atoms with E-state index in [1.807, 2.05) is 18.2 Å². The Kier molecular flexibility index (Phi) is 5.39. The van der Waals surface area contributed by atoms with E-state index in [4.69, 9.17) is 27.9 Å². The Hall–Kier alpha value is -2.15. The zero-order valence-electron chi connectivity index (χ0n) is 16.8. The van der Waals surface area contributed by atoms with Crippen LogP contribution in [0.5, 0.6) is 5.88 Å². The van der Waals surface area contributed by atoms with Gasteiger partial charge in [0.2, 0.25) is 5.88 Å². The van der Waals surface area contributed by atoms with E-state index in [1.54, 1.807) is 6.07 Å². The molecule has 1 aromatic carbocycles. The van der Waals surface area contributed by atoms with Gasteiger partial charge in [0.05, 0.1) is 12.2 Å². The molecule has 3 aromatic rings. The first-order valence-electron chi connectivity index (χ1n) is 10.3. The third-order valence-electron chi connectivity index (χ3n) is 5.91. The Balaban J connectivity index is 1.37. The van der Waals surface area contributed by atoms with Gasteiger partial charge in [-0.25, -0.2) is 4.98 Å². The van der Waals surface area contributed by atoms with Gasteiger partial charge in [-0.1, -0.05) is 29.3 Å². The molecule has 0 atom stereocenters. The first-order valence-corrected chi connectivity index (χ1v) is 11.0. The molecule has 1 aliphatic heterocycles. The molecule has 2 aliphatic rings. The standard InChI is InChI=1S/C22H23Cl2N5O/c1-28-12-15-11-16(23)7-10-18(15)29-20(13-28)26-27-22(29)14-5-8-17(9-6-14)30-21-4-2-3-19(24)25-21/h2-4,7,10-11,14,17H,5-6,8-9,12-13H2,1H3/t14-,17-. The molecule has 0 spiro atoms. The number of rotatable bonds is 3. The third-order valence-corrected chi connectivity index (χ3v) is 6.35. The van der Waals surface area contributed by atoms with Crippen molar-refractivity contribution < 1.29 is 4.74 Å². The summed E-state index contributed by atoms with van der Waals surface area (Å²) >= 11 is 12.2. The highest BCUT2D eigenvalue weighted by atomic mass is 35.5. The molecule has 1 fully saturated rings. The smallest absolute Gasteiger partial charge is 0.214 e. The summed E-state index contributed by atoms with van der Waals surface area (Å²) in [6, 6.07) is 11.6. The maximum Gasteiger partial charge on any atom is 0.214 e. The van der Waals surface area contributed by atoms with Crippen molar-refractivity contribution >= 4 is 23.2 Å². The molecule has 3 heterocycles. The SMILES string of the molecule is CN1Cc2cc(Cl)ccc2-n2c(nnc2[C@H]2CC[C@H](Oc3cccc(Cl)n3)CC2)C1. The molecule has 0 N–H and O–H groups in total. The summed E-state index contributed by atoms with van der Waals surface area (Å²) in [7, 11) is 2.10. The van der Waals surface area contributed by atoms with Gasteiger partial charge in [-0.2, -0.15) is 0 Å². The van der Waals surface area contributed by atoms with Gasteiger partial charge in [0.1, 0.15) is 17.1 Å². The molecule has 5 rings (SSSR count). The molecule has 0 amide bonds. The number of fused-ring (bicyclic) bond motifs is 3. The van der Waals surface area contributed by atoms with Crippen LogP contribution in [0.4, 0.5) is 0 Å². The minimum atomic E-state index is 0.149. The van der Waals surface area contributed by atoms with Crippen molar-refractivity contribution in [3.05, 3.63) is 63.8 Å². The lowest BCUT2D eigenvalue weighted by molar-refractivity contribution is 0.139. The number of hydrogen-bond donors (Lipinski definition) is 0. The molecule has 156 valence electrons. The maximum absolute atomic E-state index is 6.27. The molecule has 1 saturated carbocycles. The van der Waals surface area contributed by atoms with E-state index in [1.165, 1.54) is 5.56 Å². The summed E-state index contributed by atoms with van der Waals surface area (Å²) < 4.78 is 8.31. The lowest BCUT2D eigenvalue weighted by Gasteiger charge is -2.28. The number of ether oxygens (including phenoxy) is 1. The zero-order chi connectivity index (χ0) is 20.7. The predicted octanol–water partition coefficient (Wildman–Crippen LogP) is 5.02. The molecule has 0 radical (unpaired) electrons. The van der Waals surface area contributed by atoms with Gasteiger partial charge in [0.15, 0.2) is 5.82 Å². The first kappa shape index (κ1) is 19.8. The van der Waals surface area contributed by atoms with E-state index in [9.17, 15) is 0 Å². The van der Waals surface area contributed by atoms with Crippen LogP contribution in [0.2, 0.25) is 10.2 Å². The minimum Gasteiger partial charge on any atom is -0.474 e. The number of nitrogens with zero attached hydrogens (tertiary/aromatic N) is 5. The number of halogens is 2. The van der Waals surface area contributed by atoms with Crippen LogP contribution in [0.15, 0.2) is 36.4 Å². The number of aromatic nitrogens is 4. The van der Waals surface area contributed by atoms with E-state index < -0.39 is 0 Å². The summed E-state index contributed by atoms with van der Waals surface area (Å²) in [5.41, 5.74) is 2.34. The lowest BCUT2D eigenvalue weighted by atomic mass is 9.86. The largest absolute Gasteiger partial charge is 0.474 e. The average Bonchev–Trinajstić information content (AvgIpc) is 3.06. The Labute approximate surface area is 185 Å². The number of pyridine rings is 1. The van der Waals surface area contributed by atoms with Crippen LogP contribution >= 0.6 is 23.2 Å². The fourth-order valence-electron chi connectivity index (χ4n) is 4.51. The fraction of sp³-hybridized carbons (Fsp3) is 0.409. The maximum atomic E-state index is 6.27. The molecule has 0 bridgehead atoms. The zero-order valence-corrected chi connectivity index (χ0v) is 18.3. The first-order chi connectivity index (χ1) is 14.6. The van der Waals surface area contributed by atoms with Gasteiger partial charge < -0.3 is 4.74 Å². The molecule has 30 heavy (non-hydrogen) atoms. The van der Waals surface area contributed by atoms with Gasteiger partial charge >= 0.3 is 0 Å². The highest BCUT2D eigenvalue weighted by Gasteiger charge is 2.30. The molecular weight excluding hydrogens is 421 g/mol. The van der Waals surface area contributed by atoms with E-state index in [0.717, 1.165) is 61.1 Å². The van der Waals surface area contributed by atoms with Gasteiger partial charge in [0.25, 0.3) is 0 Å². The Bertz CT molecular complexity index is 1060. The number of benzene rings is 1. The van der Waals surface area contributed by atoms with Crippen LogP contribution in [-0.2, 0) is 13.1 Å². The van der Waals surface area contributed by atoms with Crippen LogP contribution < -0.4 is 4.74 Å². The Morgan fingerprint density at radius 2 is 1.83 bits per heavy atom. The second-order valence-corrected chi connectivity index (χ2v) is 8.97. The summed E-state index contributed by atoms with van der Waals surface area (Å²) in [6.07, 6.45) is 4.06. The van der Waals surface area contributed by atoms with Crippen LogP contribution in [0.1, 0.15) is 48.8 Å². The van der Waals surface area contributed by atoms with Gasteiger partial charge in [-0.3, -0.25) is 9.47 Å². The molecule has 0 saturated heterocycles. The topological polar surface area (TPSA) is 56.1 Å². The lowest BCUT2D eigenvalue weighted by Crippen LogP contribution is -2.25. The van der Waals surface area contributed by atoms with Crippen molar-refractivity contribution in [3.8, 4) is 11.6 Å². The summed E-state index contributed by atoms with van der Waals surface area (Å²) in [5.74, 6) is 2.97. The second-order valence-electron chi connectivity index (χ2n) is 8.15. The number of hydrogen-bond acceptors (Lipinski definition) is 5. The van der Waals surface area contributed by atoms with Crippen molar-refractivity contribution in [3.63, 3.8) is 0 Å². The van der Waals surface area contributed by atoms with E-state index in [0.29, 0.717) is 17.0 Å². The van der Waals surface area contributed by atoms with Crippen LogP contribution in [0, 0.1) is 0 Å². The molecule has 0 unspecified atom stereocenters. The molecular formula is C22H23Cl2N5O. The predicted molar refractivity (Wildman–Crippen MR) is 116 cm³/mol. The molecule has 2 aromatic heterocycles. The highest BCUT2D eigenvalue weighted by molar-refractivity contribution is 6.30. The summed E-state index contributed by atoms with van der Waals surface area (Å²) in [6.45, 7) is 1.60. The Morgan fingerprint density at radius 3 is 2.63 bits per heavy atom. The third kappa shape index (κ3) is 3.92. The van der Waals surface area contributed by atoms with Crippen molar-refractivity contribution in [1.82, 2.24) is 24.6 Å². The van der Waals surface area contributed by atoms with Crippen molar-refractivity contribution in [1.29, 1.82) is 0 Å². The van der Waals surface area contributed by atoms with Gasteiger partial charge in [0, 0.05) is 23.6 Å². The van der Waals surface area contributed by atoms with Crippen LogP contribution in [0.3, 0.4) is 0 Å². The highest BCUT2D eigenvalue weighted by Crippen LogP contribution is 2.36. The van der Waals surface area contributed by atoms with Crippen molar-refractivity contribution in [2.45, 2.75) is 50.8 Å². The summed E-state index contributed by atoms with van der Waals surface area (Å²) in [4.78, 5) is 6.49. The normalized spacial score (nSPS) is 21.6. The van der Waals surface area contributed by atoms with E-state index in [-0.39, 0.29) is 6.10 Å². The van der Waals surface area contributed by atoms with Crippen molar-refractivity contribution in [2.75, 3.05) is 7.05 Å². The van der Waals surface area contributed by atoms with E-state index >= 15 is 0 Å². The Morgan fingerprint density at radius 1 is 1.00 bits per heavy atom. The summed E-state index contributed by atoms with van der Waals surface area (Å²) in [5, 5.41) is 10.4. The molecule has 8 heteroatoms. The van der Waals surface area contributed by atoms with E-state index in [2.05, 4.69) is 43.8 Å². The van der Waals surface area contributed by atoms with Crippen molar-refractivity contribution in [2.24, 2.45) is 0 Å². The minimum absolute atomic E-state index is 0.149. The van der Waals surface area contributed by atoms with Crippen LogP contribution in [-0.4, -0.2) is 37.8 Å². The molecule has 1 aliphatic carbocycles. The molecule has 6 nitrogen and oxygen atoms in total. The average molecular weight is 444 g/mol. The fourth-order valence-corrected chi connectivity index (χ4v) is 4.86. The second kappa shape index (κ2) is 8.17. The van der Waals surface area contributed by atoms with Gasteiger partial charge in [-0.15, -0.1) is 10.2 Å². The monoisotopic (exact) mass is 443 g/mol. The van der Waals surface area contributed by atoms with Gasteiger partial charge in [-0.05, 0) is 62.6 Å².